The molecule has 0 saturated heterocycles. The van der Waals surface area contributed by atoms with Gasteiger partial charge in [-0.2, -0.15) is 0 Å². The van der Waals surface area contributed by atoms with Crippen molar-refractivity contribution in [1.82, 2.24) is 0 Å². The summed E-state index contributed by atoms with van der Waals surface area (Å²) in [7, 11) is 0. The Bertz CT molecular complexity index is 22.3. The van der Waals surface area contributed by atoms with E-state index in [0.29, 0.717) is 0 Å². The molecule has 0 bridgehead atoms. The minimum atomic E-state index is -1.00. The Balaban J connectivity index is -0.00000000889. The van der Waals surface area contributed by atoms with Crippen molar-refractivity contribution in [1.29, 1.82) is 0 Å². The van der Waals surface area contributed by atoms with Crippen molar-refractivity contribution in [2.45, 2.75) is 7.43 Å². The van der Waals surface area contributed by atoms with Crippen LogP contribution >= 0.6 is 0 Å². The van der Waals surface area contributed by atoms with Crippen LogP contribution in [0.5, 0.6) is 0 Å². The van der Waals surface area contributed by atoms with E-state index >= 15 is 0 Å². The predicted molar refractivity (Wildman–Crippen MR) is 25.4 cm³/mol. The minimum absolute atomic E-state index is 0. The summed E-state index contributed by atoms with van der Waals surface area (Å²) < 4.78 is 0. The molecular formula is C3H11O6-3. The zero-order valence-corrected chi connectivity index (χ0v) is 3.90. The molecule has 0 saturated carbocycles. The quantitative estimate of drug-likeness (QED) is 0.274. The van der Waals surface area contributed by atoms with Crippen LogP contribution in [0.2, 0.25) is 0 Å². The van der Waals surface area contributed by atoms with Gasteiger partial charge in [-0.25, -0.2) is 0 Å². The van der Waals surface area contributed by atoms with Crippen LogP contribution in [-0.2, 0) is 4.79 Å². The monoisotopic (exact) mass is 143 g/mol. The molecule has 0 atom stereocenters. The maximum absolute atomic E-state index is 8.49. The summed E-state index contributed by atoms with van der Waals surface area (Å²) in [6, 6.07) is 0. The maximum Gasteiger partial charge on any atom is 0.0275 e. The van der Waals surface area contributed by atoms with Gasteiger partial charge in [0, 0.05) is 6.47 Å². The Hall–Kier alpha value is -0.690. The van der Waals surface area contributed by atoms with Gasteiger partial charge in [-0.15, -0.1) is 0 Å². The molecule has 0 amide bonds. The summed E-state index contributed by atoms with van der Waals surface area (Å²) in [5.41, 5.74) is 0. The van der Waals surface area contributed by atoms with Crippen molar-refractivity contribution in [2.75, 3.05) is 6.79 Å². The number of aliphatic hydroxyl groups excluding tert-OH is 1. The molecule has 9 heavy (non-hydrogen) atoms. The van der Waals surface area contributed by atoms with Crippen LogP contribution in [0.15, 0.2) is 0 Å². The third kappa shape index (κ3) is 433. The van der Waals surface area contributed by atoms with E-state index in [4.69, 9.17) is 20.1 Å². The Morgan fingerprint density at radius 1 is 1.56 bits per heavy atom. The van der Waals surface area contributed by atoms with Crippen LogP contribution < -0.4 is 10.2 Å². The summed E-state index contributed by atoms with van der Waals surface area (Å²) in [4.78, 5) is 8.25. The largest absolute Gasteiger partial charge is 0.870 e. The molecule has 6 nitrogen and oxygen atoms in total. The second kappa shape index (κ2) is 170. The number of carbonyl (C=O) groups is 1. The van der Waals surface area contributed by atoms with Crippen molar-refractivity contribution < 1.29 is 31.1 Å². The zero-order valence-electron chi connectivity index (χ0n) is 3.90. The lowest BCUT2D eigenvalue weighted by Gasteiger charge is -1.80. The lowest BCUT2D eigenvalue weighted by molar-refractivity contribution is -0.421. The van der Waals surface area contributed by atoms with Gasteiger partial charge in [0.1, 0.15) is 0 Å². The molecule has 0 rings (SSSR count). The Kier molecular flexibility index (Phi) is 764. The van der Waals surface area contributed by atoms with E-state index in [-0.39, 0.29) is 18.4 Å². The maximum atomic E-state index is 8.49. The number of hydrogen-bond acceptors (Lipinski definition) is 5. The fraction of sp³-hybridized carbons (Fsp3) is 0.667. The molecule has 0 aliphatic heterocycles. The van der Waals surface area contributed by atoms with Gasteiger partial charge in [0.15, 0.2) is 0 Å². The van der Waals surface area contributed by atoms with E-state index in [0.717, 1.165) is 0 Å². The number of carbonyl (C=O) groups excluding carboxylic acids is 1. The first-order chi connectivity index (χ1) is 2.83. The fourth-order valence-corrected chi connectivity index (χ4v) is 0. The van der Waals surface area contributed by atoms with Crippen molar-refractivity contribution >= 4 is 6.47 Å². The number of hydrogen-bond donors (Lipinski definition) is 1. The van der Waals surface area contributed by atoms with E-state index < -0.39 is 13.3 Å². The summed E-state index contributed by atoms with van der Waals surface area (Å²) in [5.74, 6) is 0. The topological polar surface area (TPSA) is 145 Å². The van der Waals surface area contributed by atoms with E-state index in [1.165, 1.54) is 0 Å². The van der Waals surface area contributed by atoms with Crippen LogP contribution in [0.3, 0.4) is 0 Å². The molecule has 0 unspecified atom stereocenters. The van der Waals surface area contributed by atoms with Gasteiger partial charge < -0.3 is 31.1 Å². The van der Waals surface area contributed by atoms with E-state index in [9.17, 15) is 0 Å². The average Bonchev–Trinajstić information content (AvgIpc) is 1.39. The zero-order chi connectivity index (χ0) is 5.41. The van der Waals surface area contributed by atoms with Gasteiger partial charge >= 0.3 is 0 Å². The summed E-state index contributed by atoms with van der Waals surface area (Å²) >= 11 is 0. The summed E-state index contributed by atoms with van der Waals surface area (Å²) in [6.45, 7) is -1.50. The van der Waals surface area contributed by atoms with Crippen molar-refractivity contribution in [3.8, 4) is 0 Å². The second-order valence-electron chi connectivity index (χ2n) is 0.225. The van der Waals surface area contributed by atoms with Gasteiger partial charge in [0.25, 0.3) is 0 Å². The highest BCUT2D eigenvalue weighted by atomic mass is 16.5. The van der Waals surface area contributed by atoms with Crippen LogP contribution in [0.1, 0.15) is 7.43 Å². The minimum Gasteiger partial charge on any atom is -0.870 e. The third-order valence-electron chi connectivity index (χ3n) is 0. The first kappa shape index (κ1) is 40.5. The molecule has 0 aromatic carbocycles. The first-order valence-corrected chi connectivity index (χ1v) is 1.08. The number of carboxylic acid groups (broad SMARTS) is 1. The van der Waals surface area contributed by atoms with Gasteiger partial charge in [-0.1, -0.05) is 7.43 Å². The molecule has 0 aliphatic rings. The SMILES string of the molecule is C.O.O=C[O-].[O-]CO.[OH-]. The van der Waals surface area contributed by atoms with Crippen molar-refractivity contribution in [2.24, 2.45) is 0 Å². The van der Waals surface area contributed by atoms with Crippen LogP contribution in [0.4, 0.5) is 0 Å². The first-order valence-electron chi connectivity index (χ1n) is 1.08. The van der Waals surface area contributed by atoms with Crippen LogP contribution in [0.25, 0.3) is 0 Å². The smallest absolute Gasteiger partial charge is 0.0275 e. The normalized spacial score (nSPS) is 3.33. The molecule has 0 heterocycles. The van der Waals surface area contributed by atoms with Crippen LogP contribution in [0, 0.1) is 0 Å². The van der Waals surface area contributed by atoms with Crippen LogP contribution in [-0.4, -0.2) is 29.3 Å². The summed E-state index contributed by atoms with van der Waals surface area (Å²) in [5, 5.41) is 23.8. The predicted octanol–water partition coefficient (Wildman–Crippen LogP) is -3.70. The van der Waals surface area contributed by atoms with Gasteiger partial charge in [0.05, 0.1) is 0 Å². The van der Waals surface area contributed by atoms with Gasteiger partial charge in [-0.05, 0) is 6.79 Å². The van der Waals surface area contributed by atoms with E-state index in [1.54, 1.807) is 0 Å². The highest BCUT2D eigenvalue weighted by molar-refractivity contribution is 5.29. The number of aliphatic hydroxyl groups is 1. The lowest BCUT2D eigenvalue weighted by atomic mass is 11.6. The molecule has 0 aromatic rings. The highest BCUT2D eigenvalue weighted by Crippen LogP contribution is 1.02. The van der Waals surface area contributed by atoms with E-state index in [2.05, 4.69) is 0 Å². The standard InChI is InChI=1S/CH3O2.CH2O2.CH4.2H2O/c2*2-1-3;;;/h2H,1H2;1H,(H,2,3);1H4;2*1H2/q-1;;;;/p-2. The molecule has 0 aromatic heterocycles. The van der Waals surface area contributed by atoms with Gasteiger partial charge in [-0.3, -0.25) is 0 Å². The average molecular weight is 143 g/mol. The molecule has 0 spiro atoms. The van der Waals surface area contributed by atoms with Gasteiger partial charge in [0.2, 0.25) is 0 Å². The summed E-state index contributed by atoms with van der Waals surface area (Å²) in [6.07, 6.45) is 0. The molecule has 62 valence electrons. The third-order valence-corrected chi connectivity index (χ3v) is 0. The molecular weight excluding hydrogens is 132 g/mol. The molecule has 0 radical (unpaired) electrons. The van der Waals surface area contributed by atoms with Crippen molar-refractivity contribution in [3.05, 3.63) is 0 Å². The fourth-order valence-electron chi connectivity index (χ4n) is 0. The second-order valence-corrected chi connectivity index (χ2v) is 0.225. The Morgan fingerprint density at radius 3 is 1.56 bits per heavy atom. The Labute approximate surface area is 53.0 Å². The Morgan fingerprint density at radius 2 is 1.56 bits per heavy atom. The molecule has 0 fully saturated rings. The number of rotatable bonds is 0. The highest BCUT2D eigenvalue weighted by Gasteiger charge is 1.13. The van der Waals surface area contributed by atoms with E-state index in [1.807, 2.05) is 0 Å². The molecule has 6 heteroatoms. The molecule has 4 N–H and O–H groups in total. The van der Waals surface area contributed by atoms with Crippen molar-refractivity contribution in [3.63, 3.8) is 0 Å². The lowest BCUT2D eigenvalue weighted by Crippen LogP contribution is -2.01. The molecule has 0 aliphatic carbocycles.